The molecule has 35 heavy (non-hydrogen) atoms. The Morgan fingerprint density at radius 2 is 1.74 bits per heavy atom. The topological polar surface area (TPSA) is 89.0 Å². The minimum absolute atomic E-state index is 0.0145. The molecular formula is C27H22N2O5S. The van der Waals surface area contributed by atoms with Crippen LogP contribution in [0.25, 0.3) is 16.0 Å². The number of hydrogen-bond donors (Lipinski definition) is 1. The molecule has 4 aromatic rings. The second-order valence-corrected chi connectivity index (χ2v) is 8.88. The van der Waals surface area contributed by atoms with Gasteiger partial charge in [0, 0.05) is 5.56 Å². The lowest BCUT2D eigenvalue weighted by atomic mass is 9.95. The zero-order chi connectivity index (χ0) is 24.5. The van der Waals surface area contributed by atoms with Gasteiger partial charge < -0.3 is 14.6 Å². The predicted molar refractivity (Wildman–Crippen MR) is 135 cm³/mol. The van der Waals surface area contributed by atoms with E-state index in [2.05, 4.69) is 4.98 Å². The third kappa shape index (κ3) is 4.02. The number of anilines is 1. The lowest BCUT2D eigenvalue weighted by Gasteiger charge is -2.23. The lowest BCUT2D eigenvalue weighted by Crippen LogP contribution is -2.29. The molecule has 5 rings (SSSR count). The van der Waals surface area contributed by atoms with Gasteiger partial charge in [-0.2, -0.15) is 0 Å². The lowest BCUT2D eigenvalue weighted by molar-refractivity contribution is -0.132. The Kier molecular flexibility index (Phi) is 5.96. The molecule has 1 saturated heterocycles. The summed E-state index contributed by atoms with van der Waals surface area (Å²) in [7, 11) is 1.56. The van der Waals surface area contributed by atoms with Crippen molar-refractivity contribution >= 4 is 44.1 Å². The van der Waals surface area contributed by atoms with Crippen LogP contribution in [-0.2, 0) is 9.59 Å². The van der Waals surface area contributed by atoms with E-state index < -0.39 is 17.7 Å². The summed E-state index contributed by atoms with van der Waals surface area (Å²) in [4.78, 5) is 32.7. The van der Waals surface area contributed by atoms with Gasteiger partial charge in [-0.25, -0.2) is 4.98 Å². The monoisotopic (exact) mass is 486 g/mol. The predicted octanol–water partition coefficient (Wildman–Crippen LogP) is 5.33. The number of carbonyl (C=O) groups is 2. The summed E-state index contributed by atoms with van der Waals surface area (Å²) in [6.45, 7) is 2.44. The van der Waals surface area contributed by atoms with E-state index in [1.807, 2.05) is 31.2 Å². The fourth-order valence-corrected chi connectivity index (χ4v) is 5.16. The third-order valence-electron chi connectivity index (χ3n) is 5.79. The number of benzene rings is 3. The summed E-state index contributed by atoms with van der Waals surface area (Å²) in [5.74, 6) is -0.397. The van der Waals surface area contributed by atoms with Crippen LogP contribution in [0.4, 0.5) is 5.13 Å². The summed E-state index contributed by atoms with van der Waals surface area (Å²) in [5.41, 5.74) is 1.80. The number of aromatic nitrogens is 1. The smallest absolute Gasteiger partial charge is 0.301 e. The number of ether oxygens (including phenoxy) is 2. The van der Waals surface area contributed by atoms with E-state index in [-0.39, 0.29) is 11.3 Å². The molecule has 2 heterocycles. The van der Waals surface area contributed by atoms with Crippen molar-refractivity contribution in [3.63, 3.8) is 0 Å². The Morgan fingerprint density at radius 3 is 2.43 bits per heavy atom. The van der Waals surface area contributed by atoms with E-state index >= 15 is 0 Å². The molecule has 0 radical (unpaired) electrons. The maximum atomic E-state index is 13.4. The highest BCUT2D eigenvalue weighted by molar-refractivity contribution is 7.22. The van der Waals surface area contributed by atoms with E-state index in [1.54, 1.807) is 55.6 Å². The van der Waals surface area contributed by atoms with Gasteiger partial charge in [0.2, 0.25) is 0 Å². The standard InChI is InChI=1S/C27H22N2O5S/c1-3-34-19-13-14-20-21(15-19)35-27(28-20)29-23(16-9-11-18(33-2)12-10-16)22(25(31)26(29)32)24(30)17-7-5-4-6-8-17/h4-15,23,30H,3H2,1-2H3/b24-22+. The van der Waals surface area contributed by atoms with Crippen molar-refractivity contribution in [3.8, 4) is 11.5 Å². The molecule has 1 atom stereocenters. The first-order valence-corrected chi connectivity index (χ1v) is 11.9. The Balaban J connectivity index is 1.69. The Hall–Kier alpha value is -4.17. The maximum absolute atomic E-state index is 13.4. The second-order valence-electron chi connectivity index (χ2n) is 7.87. The summed E-state index contributed by atoms with van der Waals surface area (Å²) < 4.78 is 11.7. The normalized spacial score (nSPS) is 17.2. The van der Waals surface area contributed by atoms with E-state index in [4.69, 9.17) is 9.47 Å². The molecule has 7 nitrogen and oxygen atoms in total. The fraction of sp³-hybridized carbons (Fsp3) is 0.148. The number of amides is 1. The molecule has 1 N–H and O–H groups in total. The SMILES string of the molecule is CCOc1ccc2nc(N3C(=O)C(=O)/C(=C(/O)c4ccccc4)C3c3ccc(OC)cc3)sc2c1. The minimum Gasteiger partial charge on any atom is -0.507 e. The fourth-order valence-electron chi connectivity index (χ4n) is 4.14. The largest absolute Gasteiger partial charge is 0.507 e. The zero-order valence-corrected chi connectivity index (χ0v) is 19.9. The van der Waals surface area contributed by atoms with Crippen LogP contribution in [0.1, 0.15) is 24.1 Å². The van der Waals surface area contributed by atoms with E-state index in [0.29, 0.717) is 39.9 Å². The number of carbonyl (C=O) groups excluding carboxylic acids is 2. The average Bonchev–Trinajstić information content (AvgIpc) is 3.42. The summed E-state index contributed by atoms with van der Waals surface area (Å²) in [5, 5.41) is 11.5. The number of aliphatic hydroxyl groups excluding tert-OH is 1. The van der Waals surface area contributed by atoms with Crippen LogP contribution in [0.2, 0.25) is 0 Å². The zero-order valence-electron chi connectivity index (χ0n) is 19.1. The van der Waals surface area contributed by atoms with Gasteiger partial charge in [0.05, 0.1) is 35.5 Å². The molecule has 1 amide bonds. The summed E-state index contributed by atoms with van der Waals surface area (Å²) in [6.07, 6.45) is 0. The molecule has 1 aliphatic heterocycles. The van der Waals surface area contributed by atoms with E-state index in [9.17, 15) is 14.7 Å². The van der Waals surface area contributed by atoms with Crippen LogP contribution in [0.5, 0.6) is 11.5 Å². The number of methoxy groups -OCH3 is 1. The molecule has 1 aromatic heterocycles. The number of thiazole rings is 1. The first-order valence-electron chi connectivity index (χ1n) is 11.1. The van der Waals surface area contributed by atoms with Crippen LogP contribution in [-0.4, -0.2) is 35.5 Å². The number of nitrogens with zero attached hydrogens (tertiary/aromatic N) is 2. The van der Waals surface area contributed by atoms with Crippen LogP contribution in [0.3, 0.4) is 0 Å². The molecule has 1 fully saturated rings. The van der Waals surface area contributed by atoms with E-state index in [0.717, 1.165) is 4.70 Å². The molecule has 0 aliphatic carbocycles. The van der Waals surface area contributed by atoms with Crippen molar-refractivity contribution in [2.75, 3.05) is 18.6 Å². The van der Waals surface area contributed by atoms with Crippen molar-refractivity contribution in [2.24, 2.45) is 0 Å². The highest BCUT2D eigenvalue weighted by Gasteiger charge is 2.48. The van der Waals surface area contributed by atoms with Crippen LogP contribution in [0, 0.1) is 0 Å². The molecule has 0 spiro atoms. The number of rotatable bonds is 6. The molecule has 3 aromatic carbocycles. The molecular weight excluding hydrogens is 464 g/mol. The van der Waals surface area contributed by atoms with Gasteiger partial charge in [-0.05, 0) is 42.8 Å². The first kappa shape index (κ1) is 22.6. The maximum Gasteiger partial charge on any atom is 0.301 e. The Labute approximate surface area is 205 Å². The molecule has 0 saturated carbocycles. The Bertz CT molecular complexity index is 1440. The number of Topliss-reactive ketones (excluding diaryl/α,β-unsaturated/α-hetero) is 1. The van der Waals surface area contributed by atoms with Gasteiger partial charge in [0.25, 0.3) is 5.78 Å². The summed E-state index contributed by atoms with van der Waals surface area (Å²) in [6, 6.07) is 20.4. The van der Waals surface area contributed by atoms with Crippen molar-refractivity contribution in [3.05, 3.63) is 89.5 Å². The first-order chi connectivity index (χ1) is 17.0. The van der Waals surface area contributed by atoms with Crippen molar-refractivity contribution < 1.29 is 24.2 Å². The summed E-state index contributed by atoms with van der Waals surface area (Å²) >= 11 is 1.29. The number of ketones is 1. The van der Waals surface area contributed by atoms with Gasteiger partial charge in [-0.15, -0.1) is 0 Å². The highest BCUT2D eigenvalue weighted by atomic mass is 32.1. The van der Waals surface area contributed by atoms with Gasteiger partial charge in [-0.3, -0.25) is 14.5 Å². The van der Waals surface area contributed by atoms with Crippen LogP contribution < -0.4 is 14.4 Å². The molecule has 0 bridgehead atoms. The molecule has 8 heteroatoms. The molecule has 1 unspecified atom stereocenters. The van der Waals surface area contributed by atoms with Crippen molar-refractivity contribution in [1.82, 2.24) is 4.98 Å². The third-order valence-corrected chi connectivity index (χ3v) is 6.81. The number of hydrogen-bond acceptors (Lipinski definition) is 7. The van der Waals surface area contributed by atoms with Gasteiger partial charge >= 0.3 is 5.91 Å². The molecule has 1 aliphatic rings. The van der Waals surface area contributed by atoms with Gasteiger partial charge in [0.1, 0.15) is 17.3 Å². The second kappa shape index (κ2) is 9.23. The van der Waals surface area contributed by atoms with Crippen molar-refractivity contribution in [1.29, 1.82) is 0 Å². The Morgan fingerprint density at radius 1 is 1.03 bits per heavy atom. The van der Waals surface area contributed by atoms with Gasteiger partial charge in [0.15, 0.2) is 5.13 Å². The minimum atomic E-state index is -0.854. The van der Waals surface area contributed by atoms with Crippen LogP contribution in [0.15, 0.2) is 78.4 Å². The quantitative estimate of drug-likeness (QED) is 0.225. The number of aliphatic hydroxyl groups is 1. The van der Waals surface area contributed by atoms with Crippen molar-refractivity contribution in [2.45, 2.75) is 13.0 Å². The van der Waals surface area contributed by atoms with E-state index in [1.165, 1.54) is 16.2 Å². The highest BCUT2D eigenvalue weighted by Crippen LogP contribution is 2.44. The van der Waals surface area contributed by atoms with Crippen LogP contribution >= 0.6 is 11.3 Å². The van der Waals surface area contributed by atoms with Gasteiger partial charge in [-0.1, -0.05) is 53.8 Å². The number of fused-ring (bicyclic) bond motifs is 1. The molecule has 176 valence electrons. The average molecular weight is 487 g/mol.